The number of esters is 1. The summed E-state index contributed by atoms with van der Waals surface area (Å²) >= 11 is 0. The first-order valence-electron chi connectivity index (χ1n) is 6.90. The van der Waals surface area contributed by atoms with E-state index in [-0.39, 0.29) is 28.3 Å². The van der Waals surface area contributed by atoms with Crippen LogP contribution >= 0.6 is 0 Å². The van der Waals surface area contributed by atoms with Crippen LogP contribution in [0.25, 0.3) is 0 Å². The maximum absolute atomic E-state index is 13.1. The largest absolute Gasteiger partial charge is 0.462 e. The van der Waals surface area contributed by atoms with Crippen molar-refractivity contribution < 1.29 is 22.3 Å². The van der Waals surface area contributed by atoms with Crippen LogP contribution in [-0.4, -0.2) is 21.0 Å². The third-order valence-corrected chi connectivity index (χ3v) is 4.62. The molecular weight excluding hydrogens is 321 g/mol. The molecule has 0 aromatic heterocycles. The molecule has 2 aromatic carbocycles. The summed E-state index contributed by atoms with van der Waals surface area (Å²) in [7, 11) is -3.96. The van der Waals surface area contributed by atoms with Crippen molar-refractivity contribution in [3.8, 4) is 0 Å². The van der Waals surface area contributed by atoms with Gasteiger partial charge in [-0.15, -0.1) is 0 Å². The number of hydrogen-bond donors (Lipinski definition) is 1. The van der Waals surface area contributed by atoms with Crippen LogP contribution in [0.2, 0.25) is 0 Å². The fraction of sp³-hybridized carbons (Fsp3) is 0.188. The quantitative estimate of drug-likeness (QED) is 0.851. The van der Waals surface area contributed by atoms with Gasteiger partial charge in [0, 0.05) is 0 Å². The Hall–Kier alpha value is -2.41. The van der Waals surface area contributed by atoms with Gasteiger partial charge in [0.15, 0.2) is 0 Å². The van der Waals surface area contributed by atoms with Crippen LogP contribution in [0.5, 0.6) is 0 Å². The summed E-state index contributed by atoms with van der Waals surface area (Å²) in [6.45, 7) is 3.33. The van der Waals surface area contributed by atoms with Crippen LogP contribution in [0.3, 0.4) is 0 Å². The van der Waals surface area contributed by atoms with E-state index in [1.807, 2.05) is 0 Å². The molecule has 0 amide bonds. The summed E-state index contributed by atoms with van der Waals surface area (Å²) < 4.78 is 45.4. The summed E-state index contributed by atoms with van der Waals surface area (Å²) in [5.41, 5.74) is 0.485. The van der Waals surface area contributed by atoms with Gasteiger partial charge in [-0.2, -0.15) is 0 Å². The highest BCUT2D eigenvalue weighted by Gasteiger charge is 2.21. The lowest BCUT2D eigenvalue weighted by Gasteiger charge is -2.13. The monoisotopic (exact) mass is 337 g/mol. The predicted molar refractivity (Wildman–Crippen MR) is 84.3 cm³/mol. The molecule has 0 unspecified atom stereocenters. The first kappa shape index (κ1) is 17.0. The highest BCUT2D eigenvalue weighted by Crippen LogP contribution is 2.23. The number of anilines is 1. The van der Waals surface area contributed by atoms with Gasteiger partial charge in [-0.05, 0) is 49.7 Å². The minimum atomic E-state index is -3.96. The molecule has 23 heavy (non-hydrogen) atoms. The van der Waals surface area contributed by atoms with Crippen molar-refractivity contribution in [3.05, 3.63) is 59.4 Å². The van der Waals surface area contributed by atoms with E-state index in [0.717, 1.165) is 12.1 Å². The summed E-state index contributed by atoms with van der Waals surface area (Å²) in [5, 5.41) is 0. The maximum atomic E-state index is 13.1. The second-order valence-corrected chi connectivity index (χ2v) is 6.43. The molecule has 0 bridgehead atoms. The Balaban J connectivity index is 2.40. The minimum absolute atomic E-state index is 0.0578. The average molecular weight is 337 g/mol. The van der Waals surface area contributed by atoms with Crippen molar-refractivity contribution in [1.29, 1.82) is 0 Å². The van der Waals surface area contributed by atoms with Gasteiger partial charge in [0.2, 0.25) is 0 Å². The highest BCUT2D eigenvalue weighted by atomic mass is 32.2. The molecule has 0 saturated carbocycles. The molecule has 0 aliphatic rings. The second kappa shape index (κ2) is 6.78. The molecule has 0 spiro atoms. The van der Waals surface area contributed by atoms with Gasteiger partial charge in [0.25, 0.3) is 10.0 Å². The van der Waals surface area contributed by atoms with Crippen LogP contribution in [0.4, 0.5) is 10.1 Å². The molecule has 2 rings (SSSR count). The Morgan fingerprint density at radius 1 is 1.22 bits per heavy atom. The van der Waals surface area contributed by atoms with Gasteiger partial charge >= 0.3 is 5.97 Å². The fourth-order valence-electron chi connectivity index (χ4n) is 2.07. The van der Waals surface area contributed by atoms with Crippen LogP contribution in [0.1, 0.15) is 22.8 Å². The molecule has 2 aromatic rings. The van der Waals surface area contributed by atoms with Gasteiger partial charge < -0.3 is 4.74 Å². The lowest BCUT2D eigenvalue weighted by atomic mass is 10.2. The van der Waals surface area contributed by atoms with Gasteiger partial charge in [-0.25, -0.2) is 17.6 Å². The van der Waals surface area contributed by atoms with Crippen molar-refractivity contribution in [1.82, 2.24) is 0 Å². The number of nitrogens with one attached hydrogen (secondary N) is 1. The van der Waals surface area contributed by atoms with E-state index in [0.29, 0.717) is 0 Å². The Kier molecular flexibility index (Phi) is 5.00. The summed E-state index contributed by atoms with van der Waals surface area (Å²) in [6.07, 6.45) is 0. The molecule has 0 fully saturated rings. The molecular formula is C16H16FNO4S. The molecule has 0 atom stereocenters. The summed E-state index contributed by atoms with van der Waals surface area (Å²) in [5.74, 6) is -1.14. The number of carbonyl (C=O) groups excluding carboxylic acids is 1. The van der Waals surface area contributed by atoms with Gasteiger partial charge in [-0.3, -0.25) is 4.72 Å². The first-order valence-corrected chi connectivity index (χ1v) is 8.38. The van der Waals surface area contributed by atoms with E-state index >= 15 is 0 Å². The van der Waals surface area contributed by atoms with Crippen molar-refractivity contribution in [2.24, 2.45) is 0 Å². The van der Waals surface area contributed by atoms with Crippen LogP contribution in [0.15, 0.2) is 47.4 Å². The van der Waals surface area contributed by atoms with Crippen LogP contribution < -0.4 is 4.72 Å². The number of aryl methyl sites for hydroxylation is 1. The number of halogens is 1. The van der Waals surface area contributed by atoms with E-state index < -0.39 is 21.8 Å². The molecule has 0 aliphatic carbocycles. The summed E-state index contributed by atoms with van der Waals surface area (Å²) in [6, 6.07) is 9.51. The molecule has 1 N–H and O–H groups in total. The zero-order valence-corrected chi connectivity index (χ0v) is 13.5. The Morgan fingerprint density at radius 2 is 1.91 bits per heavy atom. The topological polar surface area (TPSA) is 72.5 Å². The smallest absolute Gasteiger partial charge is 0.340 e. The molecule has 5 nitrogen and oxygen atoms in total. The molecule has 0 radical (unpaired) electrons. The normalized spacial score (nSPS) is 11.1. The van der Waals surface area contributed by atoms with E-state index in [1.165, 1.54) is 25.1 Å². The lowest BCUT2D eigenvalue weighted by Crippen LogP contribution is -2.17. The zero-order chi connectivity index (χ0) is 17.0. The standard InChI is InChI=1S/C16H16FNO4S/c1-3-22-16(19)13-6-4-5-7-14(13)18-23(20,21)15-9-8-12(17)10-11(15)2/h4-10,18H,3H2,1-2H3. The minimum Gasteiger partial charge on any atom is -0.462 e. The number of rotatable bonds is 5. The van der Waals surface area contributed by atoms with E-state index in [1.54, 1.807) is 19.1 Å². The van der Waals surface area contributed by atoms with Crippen molar-refractivity contribution in [3.63, 3.8) is 0 Å². The maximum Gasteiger partial charge on any atom is 0.340 e. The molecule has 0 saturated heterocycles. The molecule has 7 heteroatoms. The van der Waals surface area contributed by atoms with Crippen molar-refractivity contribution in [2.75, 3.05) is 11.3 Å². The number of carbonyl (C=O) groups is 1. The molecule has 122 valence electrons. The van der Waals surface area contributed by atoms with Crippen LogP contribution in [0, 0.1) is 12.7 Å². The predicted octanol–water partition coefficient (Wildman–Crippen LogP) is 3.11. The Labute approximate surface area is 134 Å². The molecule has 0 heterocycles. The number of hydrogen-bond acceptors (Lipinski definition) is 4. The zero-order valence-electron chi connectivity index (χ0n) is 12.7. The average Bonchev–Trinajstić information content (AvgIpc) is 2.47. The number of sulfonamides is 1. The van der Waals surface area contributed by atoms with Crippen LogP contribution in [-0.2, 0) is 14.8 Å². The number of ether oxygens (including phenoxy) is 1. The third kappa shape index (κ3) is 3.87. The summed E-state index contributed by atoms with van der Waals surface area (Å²) in [4.78, 5) is 11.8. The SMILES string of the molecule is CCOC(=O)c1ccccc1NS(=O)(=O)c1ccc(F)cc1C. The number of para-hydroxylation sites is 1. The highest BCUT2D eigenvalue weighted by molar-refractivity contribution is 7.92. The third-order valence-electron chi connectivity index (χ3n) is 3.09. The van der Waals surface area contributed by atoms with Crippen molar-refractivity contribution in [2.45, 2.75) is 18.7 Å². The Morgan fingerprint density at radius 3 is 2.57 bits per heavy atom. The fourth-order valence-corrected chi connectivity index (χ4v) is 3.38. The van der Waals surface area contributed by atoms with E-state index in [2.05, 4.69) is 4.72 Å². The first-order chi connectivity index (χ1) is 10.8. The second-order valence-electron chi connectivity index (χ2n) is 4.78. The van der Waals surface area contributed by atoms with Gasteiger partial charge in [0.1, 0.15) is 5.82 Å². The van der Waals surface area contributed by atoms with E-state index in [9.17, 15) is 17.6 Å². The van der Waals surface area contributed by atoms with Crippen molar-refractivity contribution >= 4 is 21.7 Å². The number of benzene rings is 2. The van der Waals surface area contributed by atoms with Gasteiger partial charge in [-0.1, -0.05) is 12.1 Å². The lowest BCUT2D eigenvalue weighted by molar-refractivity contribution is 0.0527. The van der Waals surface area contributed by atoms with Gasteiger partial charge in [0.05, 0.1) is 22.8 Å². The van der Waals surface area contributed by atoms with E-state index in [4.69, 9.17) is 4.74 Å². The molecule has 0 aliphatic heterocycles. The Bertz CT molecular complexity index is 834.